The van der Waals surface area contributed by atoms with Gasteiger partial charge in [-0.3, -0.25) is 10.1 Å². The van der Waals surface area contributed by atoms with Gasteiger partial charge in [0.05, 0.1) is 4.92 Å². The van der Waals surface area contributed by atoms with Gasteiger partial charge in [0.15, 0.2) is 11.0 Å². The summed E-state index contributed by atoms with van der Waals surface area (Å²) in [7, 11) is 1.91. The summed E-state index contributed by atoms with van der Waals surface area (Å²) in [5.74, 6) is 1.24. The standard InChI is InChI=1S/C20H22N4O2S/c1-20(2,3)16-11-9-14(10-12-16)18-21-22-19(23(18)4)27-13-15-7-5-6-8-17(15)24(25)26/h5-12H,13H2,1-4H3. The first-order valence-corrected chi connectivity index (χ1v) is 9.61. The summed E-state index contributed by atoms with van der Waals surface area (Å²) in [6.45, 7) is 6.55. The number of nitro benzene ring substituents is 1. The normalized spacial score (nSPS) is 11.6. The van der Waals surface area contributed by atoms with E-state index in [-0.39, 0.29) is 16.0 Å². The second-order valence-corrected chi connectivity index (χ2v) is 8.31. The summed E-state index contributed by atoms with van der Waals surface area (Å²) in [5.41, 5.74) is 3.16. The molecule has 0 saturated heterocycles. The SMILES string of the molecule is Cn1c(SCc2ccccc2[N+](=O)[O-])nnc1-c1ccc(C(C)(C)C)cc1. The van der Waals surface area contributed by atoms with Crippen LogP contribution in [0, 0.1) is 10.1 Å². The molecule has 0 amide bonds. The minimum absolute atomic E-state index is 0.101. The monoisotopic (exact) mass is 382 g/mol. The molecule has 1 aromatic heterocycles. The largest absolute Gasteiger partial charge is 0.305 e. The molecular formula is C20H22N4O2S. The van der Waals surface area contributed by atoms with Gasteiger partial charge in [-0.15, -0.1) is 10.2 Å². The van der Waals surface area contributed by atoms with Crippen LogP contribution in [0.5, 0.6) is 0 Å². The molecule has 0 aliphatic heterocycles. The van der Waals surface area contributed by atoms with Crippen LogP contribution in [0.25, 0.3) is 11.4 Å². The van der Waals surface area contributed by atoms with Crippen LogP contribution < -0.4 is 0 Å². The Balaban J connectivity index is 1.79. The van der Waals surface area contributed by atoms with Gasteiger partial charge in [0, 0.05) is 30.0 Å². The maximum absolute atomic E-state index is 11.2. The Labute approximate surface area is 162 Å². The molecular weight excluding hydrogens is 360 g/mol. The Kier molecular flexibility index (Phi) is 5.32. The van der Waals surface area contributed by atoms with Gasteiger partial charge < -0.3 is 4.57 Å². The van der Waals surface area contributed by atoms with Crippen molar-refractivity contribution in [1.29, 1.82) is 0 Å². The Morgan fingerprint density at radius 3 is 2.37 bits per heavy atom. The molecule has 0 N–H and O–H groups in total. The van der Waals surface area contributed by atoms with Gasteiger partial charge in [0.1, 0.15) is 0 Å². The highest BCUT2D eigenvalue weighted by Crippen LogP contribution is 2.30. The zero-order valence-electron chi connectivity index (χ0n) is 15.8. The maximum atomic E-state index is 11.2. The number of thioether (sulfide) groups is 1. The van der Waals surface area contributed by atoms with E-state index in [2.05, 4.69) is 55.2 Å². The van der Waals surface area contributed by atoms with E-state index in [9.17, 15) is 10.1 Å². The van der Waals surface area contributed by atoms with Gasteiger partial charge in [0.25, 0.3) is 5.69 Å². The molecule has 0 spiro atoms. The molecule has 1 heterocycles. The van der Waals surface area contributed by atoms with Crippen LogP contribution in [0.2, 0.25) is 0 Å². The highest BCUT2D eigenvalue weighted by atomic mass is 32.2. The fourth-order valence-corrected chi connectivity index (χ4v) is 3.67. The smallest absolute Gasteiger partial charge is 0.273 e. The van der Waals surface area contributed by atoms with Crippen LogP contribution in [0.15, 0.2) is 53.7 Å². The van der Waals surface area contributed by atoms with Gasteiger partial charge in [-0.05, 0) is 11.0 Å². The van der Waals surface area contributed by atoms with Crippen molar-refractivity contribution >= 4 is 17.4 Å². The number of nitro groups is 1. The molecule has 6 nitrogen and oxygen atoms in total. The average molecular weight is 382 g/mol. The molecule has 0 bridgehead atoms. The van der Waals surface area contributed by atoms with Crippen LogP contribution in [0.4, 0.5) is 5.69 Å². The Hall–Kier alpha value is -2.67. The molecule has 140 valence electrons. The second-order valence-electron chi connectivity index (χ2n) is 7.37. The molecule has 7 heteroatoms. The zero-order chi connectivity index (χ0) is 19.6. The summed E-state index contributed by atoms with van der Waals surface area (Å²) in [4.78, 5) is 10.8. The summed E-state index contributed by atoms with van der Waals surface area (Å²) in [6, 6.07) is 15.1. The maximum Gasteiger partial charge on any atom is 0.273 e. The number of hydrogen-bond donors (Lipinski definition) is 0. The number of aromatic nitrogens is 3. The number of benzene rings is 2. The first-order chi connectivity index (χ1) is 12.8. The van der Waals surface area contributed by atoms with E-state index in [4.69, 9.17) is 0 Å². The Morgan fingerprint density at radius 1 is 1.07 bits per heavy atom. The van der Waals surface area contributed by atoms with Crippen molar-refractivity contribution in [2.24, 2.45) is 7.05 Å². The number of nitrogens with zero attached hydrogens (tertiary/aromatic N) is 4. The number of rotatable bonds is 5. The topological polar surface area (TPSA) is 73.8 Å². The van der Waals surface area contributed by atoms with Gasteiger partial charge in [0.2, 0.25) is 0 Å². The summed E-state index contributed by atoms with van der Waals surface area (Å²) >= 11 is 1.44. The van der Waals surface area contributed by atoms with E-state index in [0.29, 0.717) is 11.3 Å². The molecule has 0 fully saturated rings. The molecule has 0 aliphatic carbocycles. The van der Waals surface area contributed by atoms with Crippen molar-refractivity contribution in [3.05, 3.63) is 69.8 Å². The number of hydrogen-bond acceptors (Lipinski definition) is 5. The van der Waals surface area contributed by atoms with Crippen molar-refractivity contribution in [1.82, 2.24) is 14.8 Å². The van der Waals surface area contributed by atoms with Gasteiger partial charge in [-0.2, -0.15) is 0 Å². The van der Waals surface area contributed by atoms with Crippen molar-refractivity contribution in [3.8, 4) is 11.4 Å². The Morgan fingerprint density at radius 2 is 1.74 bits per heavy atom. The van der Waals surface area contributed by atoms with E-state index in [1.165, 1.54) is 23.4 Å². The zero-order valence-corrected chi connectivity index (χ0v) is 16.7. The van der Waals surface area contributed by atoms with Crippen molar-refractivity contribution in [3.63, 3.8) is 0 Å². The van der Waals surface area contributed by atoms with Gasteiger partial charge in [-0.25, -0.2) is 0 Å². The second kappa shape index (κ2) is 7.52. The molecule has 0 radical (unpaired) electrons. The van der Waals surface area contributed by atoms with Gasteiger partial charge in [-0.1, -0.05) is 75.0 Å². The van der Waals surface area contributed by atoms with Gasteiger partial charge >= 0.3 is 0 Å². The predicted molar refractivity (Wildman–Crippen MR) is 108 cm³/mol. The quantitative estimate of drug-likeness (QED) is 0.353. The lowest BCUT2D eigenvalue weighted by molar-refractivity contribution is -0.385. The van der Waals surface area contributed by atoms with Crippen LogP contribution >= 0.6 is 11.8 Å². The lowest BCUT2D eigenvalue weighted by atomic mass is 9.87. The van der Waals surface area contributed by atoms with Crippen molar-refractivity contribution in [2.45, 2.75) is 37.1 Å². The fourth-order valence-electron chi connectivity index (χ4n) is 2.76. The third-order valence-corrected chi connectivity index (χ3v) is 5.46. The third kappa shape index (κ3) is 4.19. The van der Waals surface area contributed by atoms with E-state index in [0.717, 1.165) is 16.5 Å². The molecule has 3 aromatic rings. The molecule has 0 atom stereocenters. The first kappa shape index (κ1) is 19.1. The fraction of sp³-hybridized carbons (Fsp3) is 0.300. The van der Waals surface area contributed by atoms with E-state index < -0.39 is 0 Å². The summed E-state index contributed by atoms with van der Waals surface area (Å²) in [5, 5.41) is 20.4. The predicted octanol–water partition coefficient (Wildman–Crippen LogP) is 4.98. The van der Waals surface area contributed by atoms with Crippen LogP contribution in [-0.2, 0) is 18.2 Å². The average Bonchev–Trinajstić information content (AvgIpc) is 3.00. The highest BCUT2D eigenvalue weighted by Gasteiger charge is 2.17. The third-order valence-electron chi connectivity index (χ3n) is 4.39. The van der Waals surface area contributed by atoms with Crippen LogP contribution in [0.3, 0.4) is 0 Å². The van der Waals surface area contributed by atoms with Crippen molar-refractivity contribution < 1.29 is 4.92 Å². The molecule has 0 aliphatic rings. The highest BCUT2D eigenvalue weighted by molar-refractivity contribution is 7.98. The molecule has 0 unspecified atom stereocenters. The lowest BCUT2D eigenvalue weighted by Crippen LogP contribution is -2.10. The summed E-state index contributed by atoms with van der Waals surface area (Å²) < 4.78 is 1.92. The number of para-hydroxylation sites is 1. The lowest BCUT2D eigenvalue weighted by Gasteiger charge is -2.19. The van der Waals surface area contributed by atoms with E-state index in [1.54, 1.807) is 12.1 Å². The van der Waals surface area contributed by atoms with Crippen LogP contribution in [-0.4, -0.2) is 19.7 Å². The van der Waals surface area contributed by atoms with E-state index >= 15 is 0 Å². The molecule has 0 saturated carbocycles. The minimum Gasteiger partial charge on any atom is -0.305 e. The van der Waals surface area contributed by atoms with Crippen LogP contribution in [0.1, 0.15) is 31.9 Å². The molecule has 2 aromatic carbocycles. The minimum atomic E-state index is -0.352. The first-order valence-electron chi connectivity index (χ1n) is 8.63. The van der Waals surface area contributed by atoms with E-state index in [1.807, 2.05) is 17.7 Å². The van der Waals surface area contributed by atoms with Crippen molar-refractivity contribution in [2.75, 3.05) is 0 Å². The summed E-state index contributed by atoms with van der Waals surface area (Å²) in [6.07, 6.45) is 0. The Bertz CT molecular complexity index is 959. The molecule has 27 heavy (non-hydrogen) atoms. The molecule has 3 rings (SSSR count).